The average Bonchev–Trinajstić information content (AvgIpc) is 3.23. The number of anilines is 1. The van der Waals surface area contributed by atoms with Crippen LogP contribution >= 0.6 is 22.9 Å². The summed E-state index contributed by atoms with van der Waals surface area (Å²) in [4.78, 5) is 17.3. The Bertz CT molecular complexity index is 1280. The normalized spacial score (nSPS) is 11.6. The molecule has 1 N–H and O–H groups in total. The van der Waals surface area contributed by atoms with Crippen molar-refractivity contribution in [2.75, 3.05) is 11.9 Å². The lowest BCUT2D eigenvalue weighted by atomic mass is 10.1. The Hall–Kier alpha value is -3.61. The Morgan fingerprint density at radius 3 is 2.76 bits per heavy atom. The number of carbonyl (C=O) groups excluding carboxylic acids is 1. The topological polar surface area (TPSA) is 75.0 Å². The number of nitrogens with one attached hydrogen (secondary N) is 1. The zero-order valence-electron chi connectivity index (χ0n) is 17.5. The molecule has 0 aliphatic heterocycles. The molecule has 0 fully saturated rings. The standard InChI is InChI=1S/C24H17ClF3N3O2S/c1-2-9-33-21-6-4-3-5-15(21)10-17(13-29)22(32)31-23-30-14-19(34-23)12-16-11-18(24(26,27)28)7-8-20(16)25/h2-8,10-11,14H,1,9,12H2,(H,30,31,32)/b17-10+. The molecule has 0 saturated carbocycles. The van der Waals surface area contributed by atoms with Gasteiger partial charge in [0, 0.05) is 28.1 Å². The predicted octanol–water partition coefficient (Wildman–Crippen LogP) is 6.52. The molecule has 34 heavy (non-hydrogen) atoms. The summed E-state index contributed by atoms with van der Waals surface area (Å²) in [6, 6.07) is 11.9. The van der Waals surface area contributed by atoms with Gasteiger partial charge in [0.2, 0.25) is 0 Å². The molecule has 0 aliphatic carbocycles. The first-order chi connectivity index (χ1) is 16.2. The van der Waals surface area contributed by atoms with Crippen LogP contribution in [0.3, 0.4) is 0 Å². The van der Waals surface area contributed by atoms with Gasteiger partial charge in [0.25, 0.3) is 5.91 Å². The van der Waals surface area contributed by atoms with Crippen molar-refractivity contribution in [1.29, 1.82) is 5.26 Å². The van der Waals surface area contributed by atoms with E-state index in [1.54, 1.807) is 30.3 Å². The highest BCUT2D eigenvalue weighted by atomic mass is 35.5. The van der Waals surface area contributed by atoms with Gasteiger partial charge in [-0.3, -0.25) is 10.1 Å². The highest BCUT2D eigenvalue weighted by molar-refractivity contribution is 7.15. The van der Waals surface area contributed by atoms with E-state index in [1.807, 2.05) is 6.07 Å². The van der Waals surface area contributed by atoms with E-state index in [0.717, 1.165) is 23.5 Å². The summed E-state index contributed by atoms with van der Waals surface area (Å²) >= 11 is 7.13. The van der Waals surface area contributed by atoms with Crippen molar-refractivity contribution in [2.45, 2.75) is 12.6 Å². The number of para-hydroxylation sites is 1. The van der Waals surface area contributed by atoms with Crippen LogP contribution in [0.1, 0.15) is 21.6 Å². The number of rotatable bonds is 8. The van der Waals surface area contributed by atoms with Crippen molar-refractivity contribution in [2.24, 2.45) is 0 Å². The van der Waals surface area contributed by atoms with Gasteiger partial charge in [-0.15, -0.1) is 11.3 Å². The minimum absolute atomic E-state index is 0.102. The number of nitriles is 1. The first kappa shape index (κ1) is 25.0. The molecule has 174 valence electrons. The van der Waals surface area contributed by atoms with Gasteiger partial charge in [-0.25, -0.2) is 4.98 Å². The lowest BCUT2D eigenvalue weighted by molar-refractivity contribution is -0.137. The van der Waals surface area contributed by atoms with Crippen LogP contribution in [0.5, 0.6) is 5.75 Å². The molecule has 0 unspecified atom stereocenters. The van der Waals surface area contributed by atoms with Crippen molar-refractivity contribution in [3.8, 4) is 11.8 Å². The fourth-order valence-corrected chi connectivity index (χ4v) is 3.88. The molecular weight excluding hydrogens is 487 g/mol. The second kappa shape index (κ2) is 11.0. The Kier molecular flexibility index (Phi) is 8.10. The molecule has 0 bridgehead atoms. The Morgan fingerprint density at radius 1 is 1.29 bits per heavy atom. The zero-order valence-corrected chi connectivity index (χ0v) is 19.1. The number of carbonyl (C=O) groups is 1. The van der Waals surface area contributed by atoms with Crippen molar-refractivity contribution in [3.05, 3.63) is 93.5 Å². The minimum Gasteiger partial charge on any atom is -0.489 e. The molecule has 0 aliphatic rings. The fourth-order valence-electron chi connectivity index (χ4n) is 2.87. The maximum atomic E-state index is 13.0. The van der Waals surface area contributed by atoms with E-state index in [-0.39, 0.29) is 34.3 Å². The van der Waals surface area contributed by atoms with E-state index in [1.165, 1.54) is 18.3 Å². The van der Waals surface area contributed by atoms with Crippen molar-refractivity contribution in [3.63, 3.8) is 0 Å². The number of aromatic nitrogens is 1. The number of alkyl halides is 3. The van der Waals surface area contributed by atoms with Gasteiger partial charge in [0.05, 0.1) is 5.56 Å². The van der Waals surface area contributed by atoms with Gasteiger partial charge in [0.15, 0.2) is 5.13 Å². The molecule has 10 heteroatoms. The maximum absolute atomic E-state index is 13.0. The van der Waals surface area contributed by atoms with Crippen molar-refractivity contribution in [1.82, 2.24) is 4.98 Å². The van der Waals surface area contributed by atoms with Crippen LogP contribution in [0.15, 0.2) is 66.9 Å². The second-order valence-corrected chi connectivity index (χ2v) is 8.40. The third-order valence-corrected chi connectivity index (χ3v) is 5.73. The highest BCUT2D eigenvalue weighted by Crippen LogP contribution is 2.33. The number of halogens is 4. The highest BCUT2D eigenvalue weighted by Gasteiger charge is 2.31. The lowest BCUT2D eigenvalue weighted by Gasteiger charge is -2.09. The van der Waals surface area contributed by atoms with E-state index in [9.17, 15) is 23.2 Å². The molecule has 1 aromatic heterocycles. The summed E-state index contributed by atoms with van der Waals surface area (Å²) in [6.07, 6.45) is 0.0214. The lowest BCUT2D eigenvalue weighted by Crippen LogP contribution is -2.13. The van der Waals surface area contributed by atoms with Crippen LogP contribution in [-0.2, 0) is 17.4 Å². The number of thiazole rings is 1. The van der Waals surface area contributed by atoms with Crippen molar-refractivity contribution < 1.29 is 22.7 Å². The van der Waals surface area contributed by atoms with Crippen LogP contribution in [0.25, 0.3) is 6.08 Å². The van der Waals surface area contributed by atoms with Crippen LogP contribution < -0.4 is 10.1 Å². The molecule has 3 aromatic rings. The molecule has 2 aromatic carbocycles. The van der Waals surface area contributed by atoms with Gasteiger partial charge in [-0.05, 0) is 35.9 Å². The van der Waals surface area contributed by atoms with Gasteiger partial charge in [-0.1, -0.05) is 42.5 Å². The van der Waals surface area contributed by atoms with Gasteiger partial charge in [-0.2, -0.15) is 18.4 Å². The number of hydrogen-bond donors (Lipinski definition) is 1. The summed E-state index contributed by atoms with van der Waals surface area (Å²) in [5.74, 6) is -0.198. The van der Waals surface area contributed by atoms with Crippen LogP contribution in [0, 0.1) is 11.3 Å². The Morgan fingerprint density at radius 2 is 2.06 bits per heavy atom. The molecule has 0 radical (unpaired) electrons. The summed E-state index contributed by atoms with van der Waals surface area (Å²) in [5, 5.41) is 12.4. The quantitative estimate of drug-likeness (QED) is 0.216. The second-order valence-electron chi connectivity index (χ2n) is 6.87. The fraction of sp³-hybridized carbons (Fsp3) is 0.125. The number of nitrogens with zero attached hydrogens (tertiary/aromatic N) is 2. The first-order valence-electron chi connectivity index (χ1n) is 9.77. The number of amides is 1. The smallest absolute Gasteiger partial charge is 0.416 e. The largest absolute Gasteiger partial charge is 0.489 e. The van der Waals surface area contributed by atoms with Gasteiger partial charge >= 0.3 is 6.18 Å². The van der Waals surface area contributed by atoms with Crippen LogP contribution in [0.4, 0.5) is 18.3 Å². The molecule has 0 saturated heterocycles. The summed E-state index contributed by atoms with van der Waals surface area (Å²) in [7, 11) is 0. The summed E-state index contributed by atoms with van der Waals surface area (Å²) in [6.45, 7) is 3.85. The molecule has 1 heterocycles. The summed E-state index contributed by atoms with van der Waals surface area (Å²) in [5.41, 5.74) is -0.153. The minimum atomic E-state index is -4.48. The van der Waals surface area contributed by atoms with Crippen LogP contribution in [0.2, 0.25) is 5.02 Å². The van der Waals surface area contributed by atoms with E-state index in [4.69, 9.17) is 16.3 Å². The third-order valence-electron chi connectivity index (χ3n) is 4.45. The molecule has 0 atom stereocenters. The van der Waals surface area contributed by atoms with Gasteiger partial charge in [0.1, 0.15) is 24.0 Å². The monoisotopic (exact) mass is 503 g/mol. The molecule has 5 nitrogen and oxygen atoms in total. The Balaban J connectivity index is 1.75. The third kappa shape index (κ3) is 6.47. The first-order valence-corrected chi connectivity index (χ1v) is 11.0. The molecule has 0 spiro atoms. The zero-order chi connectivity index (χ0) is 24.7. The van der Waals surface area contributed by atoms with Crippen molar-refractivity contribution >= 4 is 40.1 Å². The maximum Gasteiger partial charge on any atom is 0.416 e. The molecule has 1 amide bonds. The number of hydrogen-bond acceptors (Lipinski definition) is 5. The Labute approximate surface area is 202 Å². The number of benzene rings is 2. The molecule has 3 rings (SSSR count). The molecular formula is C24H17ClF3N3O2S. The van der Waals surface area contributed by atoms with E-state index in [0.29, 0.717) is 16.2 Å². The average molecular weight is 504 g/mol. The van der Waals surface area contributed by atoms with E-state index in [2.05, 4.69) is 16.9 Å². The summed E-state index contributed by atoms with van der Waals surface area (Å²) < 4.78 is 44.5. The van der Waals surface area contributed by atoms with E-state index >= 15 is 0 Å². The SMILES string of the molecule is C=CCOc1ccccc1/C=C(\C#N)C(=O)Nc1ncc(Cc2cc(C(F)(F)F)ccc2Cl)s1. The number of ether oxygens (including phenoxy) is 1. The van der Waals surface area contributed by atoms with E-state index < -0.39 is 17.6 Å². The van der Waals surface area contributed by atoms with Gasteiger partial charge < -0.3 is 4.74 Å². The predicted molar refractivity (Wildman–Crippen MR) is 126 cm³/mol. The van der Waals surface area contributed by atoms with Crippen LogP contribution in [-0.4, -0.2) is 17.5 Å².